The van der Waals surface area contributed by atoms with Gasteiger partial charge in [0.1, 0.15) is 0 Å². The summed E-state index contributed by atoms with van der Waals surface area (Å²) in [6.45, 7) is 9.90. The molecule has 0 amide bonds. The molecule has 0 spiro atoms. The number of rotatable bonds is 0. The van der Waals surface area contributed by atoms with E-state index in [1.165, 1.54) is 11.1 Å². The third kappa shape index (κ3) is 1.88. The van der Waals surface area contributed by atoms with Gasteiger partial charge in [-0.1, -0.05) is 38.1 Å². The summed E-state index contributed by atoms with van der Waals surface area (Å²) in [4.78, 5) is 0. The monoisotopic (exact) mass is 245 g/mol. The van der Waals surface area contributed by atoms with E-state index in [1.54, 1.807) is 0 Å². The Morgan fingerprint density at radius 1 is 1.17 bits per heavy atom. The van der Waals surface area contributed by atoms with Crippen LogP contribution in [0.3, 0.4) is 0 Å². The maximum Gasteiger partial charge on any atom is 0.0982 e. The van der Waals surface area contributed by atoms with E-state index < -0.39 is 0 Å². The van der Waals surface area contributed by atoms with Gasteiger partial charge < -0.3 is 10.1 Å². The number of ether oxygens (including phenoxy) is 1. The molecule has 3 rings (SSSR count). The quantitative estimate of drug-likeness (QED) is 0.758. The molecule has 1 fully saturated rings. The lowest BCUT2D eigenvalue weighted by atomic mass is 9.68. The lowest BCUT2D eigenvalue weighted by Gasteiger charge is -2.49. The van der Waals surface area contributed by atoms with Gasteiger partial charge in [-0.2, -0.15) is 0 Å². The summed E-state index contributed by atoms with van der Waals surface area (Å²) in [6.07, 6.45) is 1.36. The number of morpholine rings is 1. The number of hydrogen-bond acceptors (Lipinski definition) is 2. The molecule has 2 heteroatoms. The highest BCUT2D eigenvalue weighted by atomic mass is 16.5. The molecule has 98 valence electrons. The predicted molar refractivity (Wildman–Crippen MR) is 73.8 cm³/mol. The largest absolute Gasteiger partial charge is 0.370 e. The highest BCUT2D eigenvalue weighted by Crippen LogP contribution is 2.45. The molecule has 0 aromatic heterocycles. The highest BCUT2D eigenvalue weighted by Gasteiger charge is 2.44. The minimum absolute atomic E-state index is 0.0868. The fourth-order valence-corrected chi connectivity index (χ4v) is 3.52. The van der Waals surface area contributed by atoms with Crippen LogP contribution < -0.4 is 5.32 Å². The Balaban J connectivity index is 2.03. The van der Waals surface area contributed by atoms with Crippen molar-refractivity contribution in [3.05, 3.63) is 35.4 Å². The van der Waals surface area contributed by atoms with Crippen molar-refractivity contribution in [2.24, 2.45) is 0 Å². The van der Waals surface area contributed by atoms with Crippen LogP contribution in [0.25, 0.3) is 0 Å². The Morgan fingerprint density at radius 2 is 1.89 bits per heavy atom. The number of nitrogens with one attached hydrogen (secondary N) is 1. The van der Waals surface area contributed by atoms with Gasteiger partial charge in [0, 0.05) is 11.6 Å². The van der Waals surface area contributed by atoms with Crippen LogP contribution in [0.4, 0.5) is 0 Å². The minimum Gasteiger partial charge on any atom is -0.370 e. The predicted octanol–water partition coefficient (Wildman–Crippen LogP) is 3.18. The second-order valence-electron chi connectivity index (χ2n) is 7.04. The highest BCUT2D eigenvalue weighted by molar-refractivity contribution is 5.39. The summed E-state index contributed by atoms with van der Waals surface area (Å²) in [5, 5.41) is 3.77. The van der Waals surface area contributed by atoms with E-state index in [2.05, 4.69) is 57.3 Å². The molecule has 2 aliphatic rings. The smallest absolute Gasteiger partial charge is 0.0982 e. The van der Waals surface area contributed by atoms with E-state index in [4.69, 9.17) is 4.74 Å². The van der Waals surface area contributed by atoms with Crippen LogP contribution in [0, 0.1) is 0 Å². The van der Waals surface area contributed by atoms with E-state index in [-0.39, 0.29) is 17.1 Å². The van der Waals surface area contributed by atoms with E-state index in [0.29, 0.717) is 6.04 Å². The van der Waals surface area contributed by atoms with Crippen molar-refractivity contribution in [1.29, 1.82) is 0 Å². The molecule has 0 saturated carbocycles. The van der Waals surface area contributed by atoms with Crippen LogP contribution in [0.15, 0.2) is 24.3 Å². The Bertz CT molecular complexity index is 464. The van der Waals surface area contributed by atoms with Gasteiger partial charge in [-0.25, -0.2) is 0 Å². The van der Waals surface area contributed by atoms with Gasteiger partial charge in [-0.05, 0) is 36.8 Å². The molecule has 0 radical (unpaired) electrons. The zero-order valence-corrected chi connectivity index (χ0v) is 11.8. The van der Waals surface area contributed by atoms with Crippen LogP contribution >= 0.6 is 0 Å². The van der Waals surface area contributed by atoms with Gasteiger partial charge in [0.15, 0.2) is 0 Å². The number of fused-ring (bicyclic) bond motifs is 3. The first kappa shape index (κ1) is 12.2. The minimum atomic E-state index is 0.0868. The third-order valence-electron chi connectivity index (χ3n) is 4.29. The molecule has 1 heterocycles. The lowest BCUT2D eigenvalue weighted by Crippen LogP contribution is -2.59. The normalized spacial score (nSPS) is 32.4. The molecule has 1 aromatic carbocycles. The Morgan fingerprint density at radius 3 is 2.67 bits per heavy atom. The molecule has 2 atom stereocenters. The SMILES string of the molecule is CC1(C)COC2c3ccccc3C(C)(C)CC2N1. The van der Waals surface area contributed by atoms with Crippen molar-refractivity contribution >= 4 is 0 Å². The molecular weight excluding hydrogens is 222 g/mol. The molecule has 2 nitrogen and oxygen atoms in total. The van der Waals surface area contributed by atoms with E-state index >= 15 is 0 Å². The van der Waals surface area contributed by atoms with Crippen LogP contribution in [0.1, 0.15) is 51.3 Å². The van der Waals surface area contributed by atoms with E-state index in [9.17, 15) is 0 Å². The van der Waals surface area contributed by atoms with Gasteiger partial charge in [0.25, 0.3) is 0 Å². The molecule has 1 aromatic rings. The van der Waals surface area contributed by atoms with E-state index in [1.807, 2.05) is 0 Å². The number of benzene rings is 1. The molecule has 1 saturated heterocycles. The molecular formula is C16H23NO. The maximum absolute atomic E-state index is 6.15. The number of hydrogen-bond donors (Lipinski definition) is 1. The van der Waals surface area contributed by atoms with Crippen LogP contribution in [0.5, 0.6) is 0 Å². The Labute approximate surface area is 110 Å². The first-order chi connectivity index (χ1) is 8.39. The van der Waals surface area contributed by atoms with Gasteiger partial charge in [0.05, 0.1) is 12.7 Å². The van der Waals surface area contributed by atoms with Gasteiger partial charge in [-0.15, -0.1) is 0 Å². The van der Waals surface area contributed by atoms with Crippen LogP contribution in [-0.2, 0) is 10.2 Å². The second kappa shape index (κ2) is 3.82. The second-order valence-corrected chi connectivity index (χ2v) is 7.04. The zero-order chi connectivity index (χ0) is 13.0. The topological polar surface area (TPSA) is 21.3 Å². The van der Waals surface area contributed by atoms with Crippen molar-refractivity contribution in [3.8, 4) is 0 Å². The molecule has 0 bridgehead atoms. The van der Waals surface area contributed by atoms with Crippen LogP contribution in [-0.4, -0.2) is 18.2 Å². The average molecular weight is 245 g/mol. The lowest BCUT2D eigenvalue weighted by molar-refractivity contribution is -0.0670. The van der Waals surface area contributed by atoms with Gasteiger partial charge in [-0.3, -0.25) is 0 Å². The summed E-state index contributed by atoms with van der Waals surface area (Å²) in [5.74, 6) is 0. The van der Waals surface area contributed by atoms with Crippen molar-refractivity contribution in [2.45, 2.75) is 57.2 Å². The van der Waals surface area contributed by atoms with Crippen molar-refractivity contribution in [2.75, 3.05) is 6.61 Å². The Kier molecular flexibility index (Phi) is 2.58. The van der Waals surface area contributed by atoms with Crippen molar-refractivity contribution in [3.63, 3.8) is 0 Å². The first-order valence-corrected chi connectivity index (χ1v) is 6.88. The standard InChI is InChI=1S/C16H23NO/c1-15(2)9-13-14(18-10-16(3,4)17-13)11-7-5-6-8-12(11)15/h5-8,13-14,17H,9-10H2,1-4H3. The molecule has 1 aliphatic heterocycles. The van der Waals surface area contributed by atoms with E-state index in [0.717, 1.165) is 13.0 Å². The summed E-state index contributed by atoms with van der Waals surface area (Å²) in [7, 11) is 0. The fourth-order valence-electron chi connectivity index (χ4n) is 3.52. The first-order valence-electron chi connectivity index (χ1n) is 6.88. The van der Waals surface area contributed by atoms with Gasteiger partial charge >= 0.3 is 0 Å². The van der Waals surface area contributed by atoms with Crippen molar-refractivity contribution < 1.29 is 4.74 Å². The van der Waals surface area contributed by atoms with Crippen LogP contribution in [0.2, 0.25) is 0 Å². The van der Waals surface area contributed by atoms with Crippen molar-refractivity contribution in [1.82, 2.24) is 5.32 Å². The summed E-state index contributed by atoms with van der Waals surface area (Å²) in [6, 6.07) is 9.18. The molecule has 18 heavy (non-hydrogen) atoms. The summed E-state index contributed by atoms with van der Waals surface area (Å²) >= 11 is 0. The molecule has 2 unspecified atom stereocenters. The zero-order valence-electron chi connectivity index (χ0n) is 11.8. The third-order valence-corrected chi connectivity index (χ3v) is 4.29. The summed E-state index contributed by atoms with van der Waals surface area (Å²) in [5.41, 5.74) is 3.14. The average Bonchev–Trinajstić information content (AvgIpc) is 2.27. The van der Waals surface area contributed by atoms with Gasteiger partial charge in [0.2, 0.25) is 0 Å². The fraction of sp³-hybridized carbons (Fsp3) is 0.625. The molecule has 1 N–H and O–H groups in total. The molecule has 1 aliphatic carbocycles. The summed E-state index contributed by atoms with van der Waals surface area (Å²) < 4.78 is 6.15. The Hall–Kier alpha value is -0.860. The maximum atomic E-state index is 6.15.